The Labute approximate surface area is 146 Å². The zero-order valence-electron chi connectivity index (χ0n) is 12.7. The first-order valence-electron chi connectivity index (χ1n) is 7.15. The molecule has 122 valence electrons. The van der Waals surface area contributed by atoms with Crippen LogP contribution in [0.3, 0.4) is 0 Å². The van der Waals surface area contributed by atoms with Gasteiger partial charge in [-0.05, 0) is 35.9 Å². The molecule has 1 aromatic heterocycles. The highest BCUT2D eigenvalue weighted by Gasteiger charge is 2.10. The Morgan fingerprint density at radius 1 is 1.28 bits per heavy atom. The van der Waals surface area contributed by atoms with Crippen LogP contribution in [0.2, 0.25) is 0 Å². The molecule has 0 aliphatic carbocycles. The average molecular weight is 351 g/mol. The van der Waals surface area contributed by atoms with Crippen molar-refractivity contribution in [3.63, 3.8) is 0 Å². The lowest BCUT2D eigenvalue weighted by molar-refractivity contribution is -0.384. The average Bonchev–Trinajstić information content (AvgIpc) is 3.10. The van der Waals surface area contributed by atoms with E-state index < -0.39 is 4.92 Å². The second kappa shape index (κ2) is 7.03. The van der Waals surface area contributed by atoms with Crippen molar-refractivity contribution in [2.75, 3.05) is 0 Å². The van der Waals surface area contributed by atoms with Crippen molar-refractivity contribution in [2.45, 2.75) is 0 Å². The molecule has 0 fully saturated rings. The number of thiazole rings is 1. The maximum atomic E-state index is 13.0. The number of nitrogens with zero attached hydrogens (tertiary/aromatic N) is 3. The molecule has 5 nitrogen and oxygen atoms in total. The summed E-state index contributed by atoms with van der Waals surface area (Å²) < 4.78 is 13.0. The number of allylic oxidation sites excluding steroid dienone is 1. The lowest BCUT2D eigenvalue weighted by atomic mass is 10.1. The van der Waals surface area contributed by atoms with E-state index in [1.807, 2.05) is 0 Å². The van der Waals surface area contributed by atoms with E-state index in [9.17, 15) is 19.8 Å². The molecule has 7 heteroatoms. The Kier molecular flexibility index (Phi) is 4.64. The molecule has 3 aromatic rings. The minimum Gasteiger partial charge on any atom is -0.258 e. The van der Waals surface area contributed by atoms with Crippen LogP contribution in [0.1, 0.15) is 10.6 Å². The second-order valence-electron chi connectivity index (χ2n) is 5.07. The summed E-state index contributed by atoms with van der Waals surface area (Å²) in [6, 6.07) is 14.0. The van der Waals surface area contributed by atoms with Crippen LogP contribution in [0, 0.1) is 27.3 Å². The van der Waals surface area contributed by atoms with Crippen LogP contribution in [0.15, 0.2) is 53.9 Å². The number of nitriles is 1. The molecule has 0 aliphatic heterocycles. The minimum absolute atomic E-state index is 0.0443. The molecule has 0 saturated carbocycles. The van der Waals surface area contributed by atoms with Crippen molar-refractivity contribution in [1.82, 2.24) is 4.98 Å². The molecule has 1 heterocycles. The van der Waals surface area contributed by atoms with Crippen LogP contribution in [0.25, 0.3) is 22.9 Å². The third-order valence-electron chi connectivity index (χ3n) is 3.39. The minimum atomic E-state index is -0.487. The normalized spacial score (nSPS) is 11.1. The lowest BCUT2D eigenvalue weighted by Gasteiger charge is -1.97. The number of aromatic nitrogens is 1. The predicted octanol–water partition coefficient (Wildman–Crippen LogP) is 4.92. The third-order valence-corrected chi connectivity index (χ3v) is 4.26. The summed E-state index contributed by atoms with van der Waals surface area (Å²) in [5.74, 6) is -0.331. The van der Waals surface area contributed by atoms with Gasteiger partial charge < -0.3 is 0 Å². The fourth-order valence-electron chi connectivity index (χ4n) is 2.19. The smallest absolute Gasteiger partial charge is 0.258 e. The number of hydrogen-bond donors (Lipinski definition) is 0. The Hall–Kier alpha value is -3.37. The van der Waals surface area contributed by atoms with Crippen molar-refractivity contribution < 1.29 is 9.31 Å². The Bertz CT molecular complexity index is 1000. The van der Waals surface area contributed by atoms with Crippen molar-refractivity contribution >= 4 is 28.7 Å². The van der Waals surface area contributed by atoms with Crippen molar-refractivity contribution in [1.29, 1.82) is 5.26 Å². The number of benzene rings is 2. The number of non-ortho nitro benzene ring substituents is 1. The van der Waals surface area contributed by atoms with E-state index in [-0.39, 0.29) is 11.5 Å². The molecule has 0 bridgehead atoms. The van der Waals surface area contributed by atoms with E-state index in [4.69, 9.17) is 0 Å². The summed E-state index contributed by atoms with van der Waals surface area (Å²) in [6.07, 6.45) is 1.56. The summed E-state index contributed by atoms with van der Waals surface area (Å²) in [7, 11) is 0. The predicted molar refractivity (Wildman–Crippen MR) is 94.1 cm³/mol. The van der Waals surface area contributed by atoms with E-state index in [1.54, 1.807) is 35.7 Å². The molecular formula is C18H10FN3O2S. The van der Waals surface area contributed by atoms with Gasteiger partial charge in [0.1, 0.15) is 16.9 Å². The number of nitro groups is 1. The molecule has 0 unspecified atom stereocenters. The lowest BCUT2D eigenvalue weighted by Crippen LogP contribution is -1.88. The zero-order valence-corrected chi connectivity index (χ0v) is 13.5. The van der Waals surface area contributed by atoms with Gasteiger partial charge in [-0.2, -0.15) is 5.26 Å². The summed E-state index contributed by atoms with van der Waals surface area (Å²) in [5, 5.41) is 22.5. The molecule has 0 amide bonds. The molecule has 0 atom stereocenters. The van der Waals surface area contributed by atoms with Crippen LogP contribution in [-0.4, -0.2) is 9.91 Å². The molecule has 2 aromatic carbocycles. The van der Waals surface area contributed by atoms with Gasteiger partial charge in [-0.3, -0.25) is 10.1 Å². The van der Waals surface area contributed by atoms with Gasteiger partial charge in [0.25, 0.3) is 5.69 Å². The standard InChI is InChI=1S/C18H10FN3O2S/c19-15-6-4-13(5-7-15)17-11-25-18(21-17)14(10-20)8-12-2-1-3-16(9-12)22(23)24/h1-9,11H/b14-8+. The molecule has 0 radical (unpaired) electrons. The summed E-state index contributed by atoms with van der Waals surface area (Å²) in [6.45, 7) is 0. The van der Waals surface area contributed by atoms with Crippen molar-refractivity contribution in [2.24, 2.45) is 0 Å². The first-order chi connectivity index (χ1) is 12.1. The monoisotopic (exact) mass is 351 g/mol. The molecule has 0 aliphatic rings. The van der Waals surface area contributed by atoms with E-state index in [0.29, 0.717) is 21.8 Å². The van der Waals surface area contributed by atoms with E-state index >= 15 is 0 Å². The fraction of sp³-hybridized carbons (Fsp3) is 0. The summed E-state index contributed by atoms with van der Waals surface area (Å²) >= 11 is 1.28. The third kappa shape index (κ3) is 3.76. The van der Waals surface area contributed by atoms with E-state index in [1.165, 1.54) is 35.6 Å². The fourth-order valence-corrected chi connectivity index (χ4v) is 2.98. The van der Waals surface area contributed by atoms with E-state index in [0.717, 1.165) is 5.56 Å². The molecule has 3 rings (SSSR count). The Morgan fingerprint density at radius 3 is 2.72 bits per heavy atom. The molecule has 0 spiro atoms. The van der Waals surface area contributed by atoms with E-state index in [2.05, 4.69) is 11.1 Å². The number of nitro benzene ring substituents is 1. The van der Waals surface area contributed by atoms with Gasteiger partial charge in [-0.1, -0.05) is 12.1 Å². The van der Waals surface area contributed by atoms with Gasteiger partial charge in [0.15, 0.2) is 0 Å². The van der Waals surface area contributed by atoms with Crippen LogP contribution in [-0.2, 0) is 0 Å². The van der Waals surface area contributed by atoms with Crippen molar-refractivity contribution in [3.05, 3.63) is 80.4 Å². The highest BCUT2D eigenvalue weighted by molar-refractivity contribution is 7.11. The maximum absolute atomic E-state index is 13.0. The molecule has 0 N–H and O–H groups in total. The quantitative estimate of drug-likeness (QED) is 0.379. The SMILES string of the molecule is N#C/C(=C\c1cccc([N+](=O)[O-])c1)c1nc(-c2ccc(F)cc2)cs1. The van der Waals surface area contributed by atoms with Crippen LogP contribution >= 0.6 is 11.3 Å². The van der Waals surface area contributed by atoms with Gasteiger partial charge in [0.2, 0.25) is 0 Å². The van der Waals surface area contributed by atoms with Gasteiger partial charge in [0, 0.05) is 23.1 Å². The van der Waals surface area contributed by atoms with Crippen LogP contribution in [0.4, 0.5) is 10.1 Å². The highest BCUT2D eigenvalue weighted by atomic mass is 32.1. The zero-order chi connectivity index (χ0) is 17.8. The first kappa shape index (κ1) is 16.5. The summed E-state index contributed by atoms with van der Waals surface area (Å²) in [4.78, 5) is 14.8. The first-order valence-corrected chi connectivity index (χ1v) is 8.03. The number of halogens is 1. The van der Waals surface area contributed by atoms with Gasteiger partial charge in [-0.25, -0.2) is 9.37 Å². The van der Waals surface area contributed by atoms with Gasteiger partial charge in [0.05, 0.1) is 16.2 Å². The van der Waals surface area contributed by atoms with Gasteiger partial charge >= 0.3 is 0 Å². The molecular weight excluding hydrogens is 341 g/mol. The number of hydrogen-bond acceptors (Lipinski definition) is 5. The molecule has 25 heavy (non-hydrogen) atoms. The topological polar surface area (TPSA) is 79.8 Å². The maximum Gasteiger partial charge on any atom is 0.270 e. The van der Waals surface area contributed by atoms with Crippen molar-refractivity contribution in [3.8, 4) is 17.3 Å². The van der Waals surface area contributed by atoms with Gasteiger partial charge in [-0.15, -0.1) is 11.3 Å². The second-order valence-corrected chi connectivity index (χ2v) is 5.92. The Balaban J connectivity index is 1.94. The number of rotatable bonds is 4. The highest BCUT2D eigenvalue weighted by Crippen LogP contribution is 2.27. The summed E-state index contributed by atoms with van der Waals surface area (Å²) in [5.41, 5.74) is 2.19. The Morgan fingerprint density at radius 2 is 2.04 bits per heavy atom. The van der Waals surface area contributed by atoms with Crippen LogP contribution < -0.4 is 0 Å². The largest absolute Gasteiger partial charge is 0.270 e. The van der Waals surface area contributed by atoms with Crippen LogP contribution in [0.5, 0.6) is 0 Å². The molecule has 0 saturated heterocycles.